The van der Waals surface area contributed by atoms with E-state index in [0.29, 0.717) is 5.92 Å². The van der Waals surface area contributed by atoms with Crippen LogP contribution in [0.1, 0.15) is 28.3 Å². The SMILES string of the molecule is Cc1ccc(CN2Cc3ccnn3CC(COCC3CC3)C2)s1. The molecule has 2 aliphatic rings. The lowest BCUT2D eigenvalue weighted by Gasteiger charge is -2.23. The van der Waals surface area contributed by atoms with Gasteiger partial charge in [-0.1, -0.05) is 0 Å². The molecular weight excluding hydrogens is 306 g/mol. The van der Waals surface area contributed by atoms with Gasteiger partial charge in [-0.2, -0.15) is 5.10 Å². The Morgan fingerprint density at radius 3 is 2.83 bits per heavy atom. The fraction of sp³-hybridized carbons (Fsp3) is 0.611. The van der Waals surface area contributed by atoms with Crippen LogP contribution >= 0.6 is 11.3 Å². The molecule has 0 amide bonds. The summed E-state index contributed by atoms with van der Waals surface area (Å²) >= 11 is 1.91. The quantitative estimate of drug-likeness (QED) is 0.813. The molecule has 5 heteroatoms. The van der Waals surface area contributed by atoms with Crippen LogP contribution in [0.4, 0.5) is 0 Å². The zero-order valence-electron chi connectivity index (χ0n) is 13.8. The van der Waals surface area contributed by atoms with Gasteiger partial charge < -0.3 is 4.74 Å². The third-order valence-electron chi connectivity index (χ3n) is 4.72. The van der Waals surface area contributed by atoms with E-state index in [-0.39, 0.29) is 0 Å². The second kappa shape index (κ2) is 6.75. The van der Waals surface area contributed by atoms with Gasteiger partial charge in [0.1, 0.15) is 0 Å². The highest BCUT2D eigenvalue weighted by Gasteiger charge is 2.25. The van der Waals surface area contributed by atoms with Gasteiger partial charge in [0.2, 0.25) is 0 Å². The Morgan fingerprint density at radius 1 is 1.17 bits per heavy atom. The summed E-state index contributed by atoms with van der Waals surface area (Å²) in [4.78, 5) is 5.40. The molecule has 1 unspecified atom stereocenters. The summed E-state index contributed by atoms with van der Waals surface area (Å²) in [7, 11) is 0. The van der Waals surface area contributed by atoms with Gasteiger partial charge in [0.15, 0.2) is 0 Å². The van der Waals surface area contributed by atoms with Gasteiger partial charge in [-0.25, -0.2) is 0 Å². The van der Waals surface area contributed by atoms with E-state index in [1.165, 1.54) is 28.3 Å². The van der Waals surface area contributed by atoms with Crippen molar-refractivity contribution in [3.8, 4) is 0 Å². The van der Waals surface area contributed by atoms with E-state index >= 15 is 0 Å². The van der Waals surface area contributed by atoms with E-state index in [1.807, 2.05) is 17.5 Å². The highest BCUT2D eigenvalue weighted by atomic mass is 32.1. The van der Waals surface area contributed by atoms with Crippen LogP contribution in [0.2, 0.25) is 0 Å². The summed E-state index contributed by atoms with van der Waals surface area (Å²) in [6, 6.07) is 6.64. The molecule has 1 aliphatic heterocycles. The number of nitrogens with zero attached hydrogens (tertiary/aromatic N) is 3. The minimum absolute atomic E-state index is 0.524. The Morgan fingerprint density at radius 2 is 2.04 bits per heavy atom. The van der Waals surface area contributed by atoms with Crippen molar-refractivity contribution in [3.05, 3.63) is 39.8 Å². The molecule has 0 spiro atoms. The smallest absolute Gasteiger partial charge is 0.0524 e. The Kier molecular flexibility index (Phi) is 4.51. The average molecular weight is 331 g/mol. The number of ether oxygens (including phenoxy) is 1. The summed E-state index contributed by atoms with van der Waals surface area (Å²) in [5.74, 6) is 1.36. The number of rotatable bonds is 6. The van der Waals surface area contributed by atoms with Crippen LogP contribution in [0.15, 0.2) is 24.4 Å². The topological polar surface area (TPSA) is 30.3 Å². The van der Waals surface area contributed by atoms with Gasteiger partial charge in [0.05, 0.1) is 12.3 Å². The molecule has 1 aliphatic carbocycles. The predicted octanol–water partition coefficient (Wildman–Crippen LogP) is 3.31. The van der Waals surface area contributed by atoms with Crippen molar-refractivity contribution in [2.75, 3.05) is 19.8 Å². The molecule has 4 nitrogen and oxygen atoms in total. The van der Waals surface area contributed by atoms with Crippen molar-refractivity contribution < 1.29 is 4.74 Å². The molecule has 1 saturated carbocycles. The summed E-state index contributed by atoms with van der Waals surface area (Å²) in [6.07, 6.45) is 4.64. The first kappa shape index (κ1) is 15.4. The monoisotopic (exact) mass is 331 g/mol. The average Bonchev–Trinajstić information content (AvgIpc) is 3.16. The highest BCUT2D eigenvalue weighted by Crippen LogP contribution is 2.29. The summed E-state index contributed by atoms with van der Waals surface area (Å²) in [5, 5.41) is 4.51. The maximum absolute atomic E-state index is 5.98. The molecule has 0 radical (unpaired) electrons. The maximum Gasteiger partial charge on any atom is 0.0524 e. The van der Waals surface area contributed by atoms with Crippen molar-refractivity contribution in [3.63, 3.8) is 0 Å². The highest BCUT2D eigenvalue weighted by molar-refractivity contribution is 7.11. The fourth-order valence-corrected chi connectivity index (χ4v) is 4.25. The van der Waals surface area contributed by atoms with Crippen LogP contribution < -0.4 is 0 Å². The van der Waals surface area contributed by atoms with Gasteiger partial charge in [0, 0.05) is 54.7 Å². The Labute approximate surface area is 142 Å². The normalized spacial score (nSPS) is 22.0. The molecule has 1 atom stereocenters. The molecule has 0 aromatic carbocycles. The molecule has 0 N–H and O–H groups in total. The van der Waals surface area contributed by atoms with Gasteiger partial charge in [-0.05, 0) is 43.9 Å². The molecule has 2 aromatic heterocycles. The van der Waals surface area contributed by atoms with Gasteiger partial charge >= 0.3 is 0 Å². The van der Waals surface area contributed by atoms with E-state index in [2.05, 4.69) is 39.8 Å². The summed E-state index contributed by atoms with van der Waals surface area (Å²) in [5.41, 5.74) is 1.32. The minimum Gasteiger partial charge on any atom is -0.381 e. The Balaban J connectivity index is 1.42. The van der Waals surface area contributed by atoms with Gasteiger partial charge in [-0.3, -0.25) is 9.58 Å². The first-order chi connectivity index (χ1) is 11.3. The molecule has 2 aromatic rings. The zero-order chi connectivity index (χ0) is 15.6. The van der Waals surface area contributed by atoms with E-state index in [9.17, 15) is 0 Å². The fourth-order valence-electron chi connectivity index (χ4n) is 3.32. The van der Waals surface area contributed by atoms with Crippen LogP contribution in [0.3, 0.4) is 0 Å². The lowest BCUT2D eigenvalue weighted by molar-refractivity contribution is 0.0698. The van der Waals surface area contributed by atoms with Crippen LogP contribution in [-0.4, -0.2) is 34.4 Å². The minimum atomic E-state index is 0.524. The molecule has 1 fully saturated rings. The molecule has 4 rings (SSSR count). The van der Waals surface area contributed by atoms with E-state index in [4.69, 9.17) is 4.74 Å². The first-order valence-corrected chi connectivity index (χ1v) is 9.44. The lowest BCUT2D eigenvalue weighted by Crippen LogP contribution is -2.30. The van der Waals surface area contributed by atoms with Gasteiger partial charge in [-0.15, -0.1) is 11.3 Å². The predicted molar refractivity (Wildman–Crippen MR) is 92.4 cm³/mol. The second-order valence-corrected chi connectivity index (χ2v) is 8.41. The van der Waals surface area contributed by atoms with Crippen LogP contribution in [0, 0.1) is 18.8 Å². The van der Waals surface area contributed by atoms with Crippen LogP contribution in [0.5, 0.6) is 0 Å². The zero-order valence-corrected chi connectivity index (χ0v) is 14.6. The summed E-state index contributed by atoms with van der Waals surface area (Å²) < 4.78 is 8.15. The Hall–Kier alpha value is -1.17. The number of hydrogen-bond donors (Lipinski definition) is 0. The van der Waals surface area contributed by atoms with Crippen molar-refractivity contribution in [2.45, 2.75) is 39.4 Å². The molecule has 0 saturated heterocycles. The largest absolute Gasteiger partial charge is 0.381 e. The maximum atomic E-state index is 5.98. The van der Waals surface area contributed by atoms with E-state index in [0.717, 1.165) is 45.3 Å². The van der Waals surface area contributed by atoms with Crippen LogP contribution in [-0.2, 0) is 24.4 Å². The second-order valence-electron chi connectivity index (χ2n) is 7.03. The number of fused-ring (bicyclic) bond motifs is 1. The first-order valence-electron chi connectivity index (χ1n) is 8.62. The molecular formula is C18H25N3OS. The van der Waals surface area contributed by atoms with Crippen molar-refractivity contribution in [1.82, 2.24) is 14.7 Å². The Bertz CT molecular complexity index is 646. The third kappa shape index (κ3) is 4.03. The van der Waals surface area contributed by atoms with Crippen molar-refractivity contribution >= 4 is 11.3 Å². The van der Waals surface area contributed by atoms with E-state index in [1.54, 1.807) is 0 Å². The molecule has 0 bridgehead atoms. The number of aryl methyl sites for hydroxylation is 1. The molecule has 124 valence electrons. The van der Waals surface area contributed by atoms with Crippen molar-refractivity contribution in [1.29, 1.82) is 0 Å². The van der Waals surface area contributed by atoms with Crippen molar-refractivity contribution in [2.24, 2.45) is 11.8 Å². The number of aromatic nitrogens is 2. The number of hydrogen-bond acceptors (Lipinski definition) is 4. The number of thiophene rings is 1. The van der Waals surface area contributed by atoms with Gasteiger partial charge in [0.25, 0.3) is 0 Å². The summed E-state index contributed by atoms with van der Waals surface area (Å²) in [6.45, 7) is 8.07. The molecule has 3 heterocycles. The third-order valence-corrected chi connectivity index (χ3v) is 5.70. The standard InChI is InChI=1S/C18H25N3OS/c1-14-2-5-18(23-14)11-20-8-16(13-22-12-15-3-4-15)9-21-17(10-20)6-7-19-21/h2,5-7,15-16H,3-4,8-13H2,1H3. The lowest BCUT2D eigenvalue weighted by atomic mass is 10.1. The van der Waals surface area contributed by atoms with Crippen LogP contribution in [0.25, 0.3) is 0 Å². The van der Waals surface area contributed by atoms with E-state index < -0.39 is 0 Å². The molecule has 23 heavy (non-hydrogen) atoms.